The summed E-state index contributed by atoms with van der Waals surface area (Å²) in [5, 5.41) is 9.46. The van der Waals surface area contributed by atoms with E-state index in [9.17, 15) is 18.7 Å². The number of furan rings is 1. The van der Waals surface area contributed by atoms with Gasteiger partial charge in [-0.25, -0.2) is 13.6 Å². The Hall–Kier alpha value is -3.41. The van der Waals surface area contributed by atoms with Crippen LogP contribution in [0.1, 0.15) is 16.1 Å². The molecule has 0 saturated carbocycles. The van der Waals surface area contributed by atoms with Crippen LogP contribution < -0.4 is 0 Å². The van der Waals surface area contributed by atoms with Crippen LogP contribution in [0.15, 0.2) is 65.1 Å². The van der Waals surface area contributed by atoms with Gasteiger partial charge in [-0.1, -0.05) is 12.1 Å². The van der Waals surface area contributed by atoms with E-state index in [-0.39, 0.29) is 23.9 Å². The fourth-order valence-corrected chi connectivity index (χ4v) is 2.92. The number of fused-ring (bicyclic) bond motifs is 1. The highest BCUT2D eigenvalue weighted by Gasteiger charge is 2.19. The van der Waals surface area contributed by atoms with Gasteiger partial charge in [-0.05, 0) is 42.0 Å². The summed E-state index contributed by atoms with van der Waals surface area (Å²) in [5.74, 6) is -1.27. The summed E-state index contributed by atoms with van der Waals surface area (Å²) < 4.78 is 33.6. The smallest absolute Gasteiger partial charge is 0.352 e. The Bertz CT molecular complexity index is 1090. The van der Waals surface area contributed by atoms with Crippen molar-refractivity contribution in [2.45, 2.75) is 6.54 Å². The lowest BCUT2D eigenvalue weighted by molar-refractivity contribution is 0.0686. The monoisotopic (exact) mass is 353 g/mol. The zero-order valence-corrected chi connectivity index (χ0v) is 13.4. The number of hydrogen-bond donors (Lipinski definition) is 1. The maximum Gasteiger partial charge on any atom is 0.352 e. The number of benzene rings is 2. The van der Waals surface area contributed by atoms with Gasteiger partial charge >= 0.3 is 5.97 Å². The van der Waals surface area contributed by atoms with Crippen molar-refractivity contribution in [3.63, 3.8) is 0 Å². The quantitative estimate of drug-likeness (QED) is 0.566. The van der Waals surface area contributed by atoms with Crippen LogP contribution >= 0.6 is 0 Å². The zero-order valence-electron chi connectivity index (χ0n) is 13.4. The maximum atomic E-state index is 13.1. The van der Waals surface area contributed by atoms with E-state index in [4.69, 9.17) is 4.42 Å². The van der Waals surface area contributed by atoms with Gasteiger partial charge in [0.15, 0.2) is 5.58 Å². The molecule has 0 bridgehead atoms. The molecule has 1 N–H and O–H groups in total. The van der Waals surface area contributed by atoms with E-state index in [2.05, 4.69) is 0 Å². The molecule has 2 heterocycles. The second-order valence-electron chi connectivity index (χ2n) is 5.91. The second-order valence-corrected chi connectivity index (χ2v) is 5.91. The highest BCUT2D eigenvalue weighted by Crippen LogP contribution is 2.31. The van der Waals surface area contributed by atoms with Crippen molar-refractivity contribution >= 4 is 17.1 Å². The minimum Gasteiger partial charge on any atom is -0.477 e. The number of rotatable bonds is 4. The summed E-state index contributed by atoms with van der Waals surface area (Å²) in [6, 6.07) is 14.9. The van der Waals surface area contributed by atoms with Gasteiger partial charge < -0.3 is 14.1 Å². The predicted molar refractivity (Wildman–Crippen MR) is 92.1 cm³/mol. The van der Waals surface area contributed by atoms with E-state index in [0.717, 1.165) is 5.56 Å². The number of carboxylic acids is 1. The second kappa shape index (κ2) is 6.15. The molecule has 0 amide bonds. The molecule has 0 aliphatic heterocycles. The first kappa shape index (κ1) is 16.1. The van der Waals surface area contributed by atoms with Gasteiger partial charge in [-0.2, -0.15) is 0 Å². The lowest BCUT2D eigenvalue weighted by atomic mass is 10.2. The van der Waals surface area contributed by atoms with Crippen molar-refractivity contribution in [3.05, 3.63) is 83.6 Å². The van der Waals surface area contributed by atoms with Crippen LogP contribution in [-0.2, 0) is 6.54 Å². The topological polar surface area (TPSA) is 55.4 Å². The molecule has 0 fully saturated rings. The molecule has 0 aliphatic carbocycles. The van der Waals surface area contributed by atoms with Gasteiger partial charge in [0.2, 0.25) is 0 Å². The zero-order chi connectivity index (χ0) is 18.3. The number of carboxylic acid groups (broad SMARTS) is 1. The molecule has 4 aromatic rings. The average Bonchev–Trinajstić information content (AvgIpc) is 3.17. The number of carbonyl (C=O) groups is 1. The molecule has 26 heavy (non-hydrogen) atoms. The first-order chi connectivity index (χ1) is 12.5. The molecule has 0 aliphatic rings. The highest BCUT2D eigenvalue weighted by molar-refractivity contribution is 5.94. The van der Waals surface area contributed by atoms with Crippen LogP contribution in [-0.4, -0.2) is 15.6 Å². The van der Waals surface area contributed by atoms with Crippen molar-refractivity contribution in [1.29, 1.82) is 0 Å². The first-order valence-electron chi connectivity index (χ1n) is 7.88. The van der Waals surface area contributed by atoms with Crippen molar-refractivity contribution in [1.82, 2.24) is 4.57 Å². The van der Waals surface area contributed by atoms with Crippen LogP contribution in [0.3, 0.4) is 0 Å². The van der Waals surface area contributed by atoms with E-state index in [1.165, 1.54) is 30.3 Å². The molecule has 4 rings (SSSR count). The average molecular weight is 353 g/mol. The molecule has 4 nitrogen and oxygen atoms in total. The third-order valence-corrected chi connectivity index (χ3v) is 4.19. The summed E-state index contributed by atoms with van der Waals surface area (Å²) in [6.45, 7) is 0.258. The van der Waals surface area contributed by atoms with Gasteiger partial charge in [0.05, 0.1) is 5.52 Å². The van der Waals surface area contributed by atoms with Crippen molar-refractivity contribution in [2.24, 2.45) is 0 Å². The minimum atomic E-state index is -1.08. The Balaban J connectivity index is 1.80. The number of aromatic carboxylic acids is 1. The van der Waals surface area contributed by atoms with E-state index >= 15 is 0 Å². The standard InChI is InChI=1S/C20H13F2NO3/c21-14-5-1-12(2-6-14)11-23-16-9-18(13-3-7-15(22)8-4-13)26-19(16)10-17(23)20(24)25/h1-10H,11H2,(H,24,25). The lowest BCUT2D eigenvalue weighted by Gasteiger charge is -2.07. The van der Waals surface area contributed by atoms with Gasteiger partial charge in [0.25, 0.3) is 0 Å². The highest BCUT2D eigenvalue weighted by atomic mass is 19.1. The molecular formula is C20H13F2NO3. The number of halogens is 2. The summed E-state index contributed by atoms with van der Waals surface area (Å²) in [6.07, 6.45) is 0. The van der Waals surface area contributed by atoms with E-state index in [0.29, 0.717) is 22.4 Å². The summed E-state index contributed by atoms with van der Waals surface area (Å²) >= 11 is 0. The van der Waals surface area contributed by atoms with Crippen LogP contribution in [0, 0.1) is 11.6 Å². The predicted octanol–water partition coefficient (Wildman–Crippen LogP) is 4.93. The molecule has 0 spiro atoms. The largest absolute Gasteiger partial charge is 0.477 e. The summed E-state index contributed by atoms with van der Waals surface area (Å²) in [4.78, 5) is 11.6. The minimum absolute atomic E-state index is 0.0775. The first-order valence-corrected chi connectivity index (χ1v) is 7.88. The Morgan fingerprint density at radius 2 is 1.58 bits per heavy atom. The fourth-order valence-electron chi connectivity index (χ4n) is 2.92. The molecule has 0 unspecified atom stereocenters. The number of aromatic nitrogens is 1. The molecular weight excluding hydrogens is 340 g/mol. The molecule has 0 atom stereocenters. The third-order valence-electron chi connectivity index (χ3n) is 4.19. The Kier molecular flexibility index (Phi) is 3.80. The van der Waals surface area contributed by atoms with E-state index in [1.54, 1.807) is 34.9 Å². The fraction of sp³-hybridized carbons (Fsp3) is 0.0500. The summed E-state index contributed by atoms with van der Waals surface area (Å²) in [5.41, 5.74) is 2.55. The molecule has 0 saturated heterocycles. The molecule has 2 aromatic heterocycles. The summed E-state index contributed by atoms with van der Waals surface area (Å²) in [7, 11) is 0. The normalized spacial score (nSPS) is 11.2. The molecule has 6 heteroatoms. The molecule has 130 valence electrons. The van der Waals surface area contributed by atoms with Crippen LogP contribution in [0.2, 0.25) is 0 Å². The third kappa shape index (κ3) is 2.86. The Morgan fingerprint density at radius 3 is 2.19 bits per heavy atom. The Morgan fingerprint density at radius 1 is 0.962 bits per heavy atom. The molecule has 0 radical (unpaired) electrons. The van der Waals surface area contributed by atoms with Crippen molar-refractivity contribution < 1.29 is 23.1 Å². The van der Waals surface area contributed by atoms with Crippen molar-refractivity contribution in [3.8, 4) is 11.3 Å². The van der Waals surface area contributed by atoms with Crippen LogP contribution in [0.4, 0.5) is 8.78 Å². The number of hydrogen-bond acceptors (Lipinski definition) is 2. The SMILES string of the molecule is O=C(O)c1cc2oc(-c3ccc(F)cc3)cc2n1Cc1ccc(F)cc1. The van der Waals surface area contributed by atoms with Crippen molar-refractivity contribution in [2.75, 3.05) is 0 Å². The van der Waals surface area contributed by atoms with Gasteiger partial charge in [0, 0.05) is 24.2 Å². The lowest BCUT2D eigenvalue weighted by Crippen LogP contribution is -2.09. The van der Waals surface area contributed by atoms with Gasteiger partial charge in [-0.15, -0.1) is 0 Å². The number of nitrogens with zero attached hydrogens (tertiary/aromatic N) is 1. The Labute approximate surface area is 146 Å². The van der Waals surface area contributed by atoms with Gasteiger partial charge in [-0.3, -0.25) is 0 Å². The van der Waals surface area contributed by atoms with Crippen LogP contribution in [0.5, 0.6) is 0 Å². The molecule has 2 aromatic carbocycles. The van der Waals surface area contributed by atoms with E-state index < -0.39 is 5.97 Å². The van der Waals surface area contributed by atoms with E-state index in [1.807, 2.05) is 0 Å². The van der Waals surface area contributed by atoms with Crippen LogP contribution in [0.25, 0.3) is 22.4 Å². The maximum absolute atomic E-state index is 13.1. The van der Waals surface area contributed by atoms with Gasteiger partial charge in [0.1, 0.15) is 23.1 Å².